The Morgan fingerprint density at radius 2 is 2.19 bits per heavy atom. The smallest absolute Gasteiger partial charge is 0.126 e. The minimum Gasteiger partial charge on any atom is -0.337 e. The van der Waals surface area contributed by atoms with Crippen LogP contribution in [0.3, 0.4) is 0 Å². The second-order valence-electron chi connectivity index (χ2n) is 3.54. The molecule has 84 valence electrons. The molecule has 2 rings (SSSR count). The Balaban J connectivity index is 1.89. The van der Waals surface area contributed by atoms with Gasteiger partial charge < -0.3 is 4.57 Å². The number of hydrogen-bond donors (Lipinski definition) is 0. The minimum atomic E-state index is 0.838. The van der Waals surface area contributed by atoms with Crippen LogP contribution in [0, 0.1) is 13.8 Å². The van der Waals surface area contributed by atoms with Gasteiger partial charge in [-0.05, 0) is 19.9 Å². The SMILES string of the molecule is Cc1cc(SCCn2ccnc2)nc(C)n1. The normalized spacial score (nSPS) is 10.6. The lowest BCUT2D eigenvalue weighted by Gasteiger charge is -2.03. The number of imidazole rings is 1. The van der Waals surface area contributed by atoms with E-state index in [-0.39, 0.29) is 0 Å². The Labute approximate surface area is 99.1 Å². The highest BCUT2D eigenvalue weighted by molar-refractivity contribution is 7.99. The zero-order valence-corrected chi connectivity index (χ0v) is 10.2. The molecule has 4 nitrogen and oxygen atoms in total. The van der Waals surface area contributed by atoms with Crippen LogP contribution in [0.25, 0.3) is 0 Å². The lowest BCUT2D eigenvalue weighted by molar-refractivity contribution is 0.769. The summed E-state index contributed by atoms with van der Waals surface area (Å²) in [7, 11) is 0. The van der Waals surface area contributed by atoms with E-state index in [9.17, 15) is 0 Å². The summed E-state index contributed by atoms with van der Waals surface area (Å²) in [6.45, 7) is 4.87. The van der Waals surface area contributed by atoms with E-state index in [2.05, 4.69) is 19.5 Å². The van der Waals surface area contributed by atoms with Crippen LogP contribution in [0.15, 0.2) is 29.8 Å². The maximum atomic E-state index is 4.38. The van der Waals surface area contributed by atoms with E-state index in [1.807, 2.05) is 32.4 Å². The van der Waals surface area contributed by atoms with Crippen molar-refractivity contribution in [3.05, 3.63) is 36.3 Å². The molecule has 0 spiro atoms. The van der Waals surface area contributed by atoms with Crippen molar-refractivity contribution in [2.75, 3.05) is 5.75 Å². The lowest BCUT2D eigenvalue weighted by Crippen LogP contribution is -1.98. The van der Waals surface area contributed by atoms with E-state index in [1.165, 1.54) is 0 Å². The number of rotatable bonds is 4. The Hall–Kier alpha value is -1.36. The van der Waals surface area contributed by atoms with Crippen molar-refractivity contribution in [1.29, 1.82) is 0 Å². The van der Waals surface area contributed by atoms with Gasteiger partial charge in [0.05, 0.1) is 6.33 Å². The van der Waals surface area contributed by atoms with Crippen molar-refractivity contribution >= 4 is 11.8 Å². The zero-order chi connectivity index (χ0) is 11.4. The number of aryl methyl sites for hydroxylation is 3. The van der Waals surface area contributed by atoms with Crippen LogP contribution in [-0.4, -0.2) is 25.3 Å². The lowest BCUT2D eigenvalue weighted by atomic mass is 10.4. The molecule has 0 aromatic carbocycles. The minimum absolute atomic E-state index is 0.838. The molecule has 0 amide bonds. The Morgan fingerprint density at radius 1 is 1.31 bits per heavy atom. The second-order valence-corrected chi connectivity index (χ2v) is 4.66. The summed E-state index contributed by atoms with van der Waals surface area (Å²) in [4.78, 5) is 12.6. The number of thioether (sulfide) groups is 1. The fourth-order valence-corrected chi connectivity index (χ4v) is 2.39. The van der Waals surface area contributed by atoms with Crippen LogP contribution < -0.4 is 0 Å². The predicted octanol–water partition coefficient (Wildman–Crippen LogP) is 2.08. The van der Waals surface area contributed by atoms with Crippen LogP contribution in [0.2, 0.25) is 0 Å². The quantitative estimate of drug-likeness (QED) is 0.600. The Morgan fingerprint density at radius 3 is 2.88 bits per heavy atom. The second kappa shape index (κ2) is 5.12. The van der Waals surface area contributed by atoms with Gasteiger partial charge in [0.2, 0.25) is 0 Å². The van der Waals surface area contributed by atoms with E-state index >= 15 is 0 Å². The van der Waals surface area contributed by atoms with Gasteiger partial charge >= 0.3 is 0 Å². The average molecular weight is 234 g/mol. The summed E-state index contributed by atoms with van der Waals surface area (Å²) >= 11 is 1.75. The molecule has 2 aromatic rings. The van der Waals surface area contributed by atoms with Crippen LogP contribution in [0.1, 0.15) is 11.5 Å². The van der Waals surface area contributed by atoms with Crippen molar-refractivity contribution in [2.45, 2.75) is 25.4 Å². The molecule has 0 radical (unpaired) electrons. The molecule has 2 aromatic heterocycles. The Kier molecular flexibility index (Phi) is 3.56. The third-order valence-electron chi connectivity index (χ3n) is 2.10. The number of hydrogen-bond acceptors (Lipinski definition) is 4. The predicted molar refractivity (Wildman–Crippen MR) is 64.5 cm³/mol. The van der Waals surface area contributed by atoms with E-state index in [0.29, 0.717) is 0 Å². The largest absolute Gasteiger partial charge is 0.337 e. The Bertz CT molecular complexity index is 433. The first-order valence-corrected chi connectivity index (χ1v) is 6.13. The van der Waals surface area contributed by atoms with Gasteiger partial charge in [0.1, 0.15) is 10.9 Å². The van der Waals surface area contributed by atoms with Gasteiger partial charge in [-0.25, -0.2) is 15.0 Å². The maximum absolute atomic E-state index is 4.38. The third-order valence-corrected chi connectivity index (χ3v) is 2.99. The van der Waals surface area contributed by atoms with Gasteiger partial charge in [0.15, 0.2) is 0 Å². The molecule has 0 aliphatic heterocycles. The molecule has 0 saturated heterocycles. The molecule has 0 atom stereocenters. The van der Waals surface area contributed by atoms with Gasteiger partial charge in [-0.1, -0.05) is 0 Å². The topological polar surface area (TPSA) is 43.6 Å². The van der Waals surface area contributed by atoms with Gasteiger partial charge in [0, 0.05) is 30.4 Å². The number of nitrogens with zero attached hydrogens (tertiary/aromatic N) is 4. The number of aromatic nitrogens is 4. The summed E-state index contributed by atoms with van der Waals surface area (Å²) in [6, 6.07) is 2.02. The fourth-order valence-electron chi connectivity index (χ4n) is 1.43. The summed E-state index contributed by atoms with van der Waals surface area (Å²) in [5.41, 5.74) is 1.03. The van der Waals surface area contributed by atoms with Crippen molar-refractivity contribution in [1.82, 2.24) is 19.5 Å². The van der Waals surface area contributed by atoms with Gasteiger partial charge in [0.25, 0.3) is 0 Å². The van der Waals surface area contributed by atoms with Crippen molar-refractivity contribution in [2.24, 2.45) is 0 Å². The highest BCUT2D eigenvalue weighted by Gasteiger charge is 1.99. The molecule has 0 aliphatic carbocycles. The molecule has 0 aliphatic rings. The van der Waals surface area contributed by atoms with Crippen molar-refractivity contribution in [3.8, 4) is 0 Å². The molecule has 5 heteroatoms. The highest BCUT2D eigenvalue weighted by Crippen LogP contribution is 2.16. The zero-order valence-electron chi connectivity index (χ0n) is 9.42. The molecule has 0 unspecified atom stereocenters. The first kappa shape index (κ1) is 11.1. The first-order valence-electron chi connectivity index (χ1n) is 5.15. The van der Waals surface area contributed by atoms with E-state index < -0.39 is 0 Å². The highest BCUT2D eigenvalue weighted by atomic mass is 32.2. The van der Waals surface area contributed by atoms with Gasteiger partial charge in [-0.15, -0.1) is 11.8 Å². The molecule has 0 saturated carbocycles. The third kappa shape index (κ3) is 3.06. The molecule has 0 N–H and O–H groups in total. The molecule has 2 heterocycles. The summed E-state index contributed by atoms with van der Waals surface area (Å²) in [5, 5.41) is 1.05. The van der Waals surface area contributed by atoms with Crippen LogP contribution in [-0.2, 0) is 6.54 Å². The first-order chi connectivity index (χ1) is 7.74. The van der Waals surface area contributed by atoms with Crippen molar-refractivity contribution in [3.63, 3.8) is 0 Å². The van der Waals surface area contributed by atoms with Gasteiger partial charge in [-0.3, -0.25) is 0 Å². The molecular formula is C11H14N4S. The van der Waals surface area contributed by atoms with Crippen LogP contribution in [0.4, 0.5) is 0 Å². The summed E-state index contributed by atoms with van der Waals surface area (Å²) in [5.74, 6) is 1.83. The van der Waals surface area contributed by atoms with Crippen molar-refractivity contribution < 1.29 is 0 Å². The standard InChI is InChI=1S/C11H14N4S/c1-9-7-11(14-10(2)13-9)16-6-5-15-4-3-12-8-15/h3-4,7-8H,5-6H2,1-2H3. The van der Waals surface area contributed by atoms with Crippen LogP contribution >= 0.6 is 11.8 Å². The molecule has 0 bridgehead atoms. The summed E-state index contributed by atoms with van der Waals surface area (Å²) in [6.07, 6.45) is 5.59. The van der Waals surface area contributed by atoms with E-state index in [0.717, 1.165) is 28.8 Å². The molecular weight excluding hydrogens is 220 g/mol. The molecule has 0 fully saturated rings. The fraction of sp³-hybridized carbons (Fsp3) is 0.364. The molecule has 16 heavy (non-hydrogen) atoms. The van der Waals surface area contributed by atoms with E-state index in [1.54, 1.807) is 18.0 Å². The van der Waals surface area contributed by atoms with Crippen LogP contribution in [0.5, 0.6) is 0 Å². The summed E-state index contributed by atoms with van der Waals surface area (Å²) < 4.78 is 2.06. The average Bonchev–Trinajstić information content (AvgIpc) is 2.69. The monoisotopic (exact) mass is 234 g/mol. The van der Waals surface area contributed by atoms with E-state index in [4.69, 9.17) is 0 Å². The van der Waals surface area contributed by atoms with Gasteiger partial charge in [-0.2, -0.15) is 0 Å². The maximum Gasteiger partial charge on any atom is 0.126 e.